The highest BCUT2D eigenvalue weighted by Gasteiger charge is 2.25. The van der Waals surface area contributed by atoms with Crippen LogP contribution in [0.15, 0.2) is 48.5 Å². The van der Waals surface area contributed by atoms with E-state index in [9.17, 15) is 14.0 Å². The van der Waals surface area contributed by atoms with Gasteiger partial charge in [0.2, 0.25) is 5.91 Å². The first-order valence-corrected chi connectivity index (χ1v) is 8.49. The number of carbonyl (C=O) groups excluding carboxylic acids is 1. The quantitative estimate of drug-likeness (QED) is 0.833. The van der Waals surface area contributed by atoms with Crippen molar-refractivity contribution in [3.8, 4) is 0 Å². The van der Waals surface area contributed by atoms with E-state index in [2.05, 4.69) is 5.32 Å². The van der Waals surface area contributed by atoms with Crippen LogP contribution in [0.4, 0.5) is 4.39 Å². The van der Waals surface area contributed by atoms with Crippen LogP contribution in [-0.2, 0) is 20.7 Å². The van der Waals surface area contributed by atoms with Gasteiger partial charge in [-0.05, 0) is 35.2 Å². The van der Waals surface area contributed by atoms with Crippen molar-refractivity contribution in [3.05, 3.63) is 71.0 Å². The van der Waals surface area contributed by atoms with E-state index in [1.165, 1.54) is 24.3 Å². The number of fused-ring (bicyclic) bond motifs is 1. The lowest BCUT2D eigenvalue weighted by Crippen LogP contribution is -2.32. The highest BCUT2D eigenvalue weighted by Crippen LogP contribution is 2.29. The first kappa shape index (κ1) is 18.1. The second kappa shape index (κ2) is 8.10. The van der Waals surface area contributed by atoms with E-state index in [-0.39, 0.29) is 24.9 Å². The first-order valence-electron chi connectivity index (χ1n) is 8.49. The lowest BCUT2D eigenvalue weighted by atomic mass is 9.95. The van der Waals surface area contributed by atoms with Crippen LogP contribution in [0.25, 0.3) is 0 Å². The maximum atomic E-state index is 13.1. The van der Waals surface area contributed by atoms with Crippen molar-refractivity contribution in [1.82, 2.24) is 5.32 Å². The van der Waals surface area contributed by atoms with Crippen molar-refractivity contribution in [2.24, 2.45) is 0 Å². The minimum absolute atomic E-state index is 0.105. The van der Waals surface area contributed by atoms with Gasteiger partial charge in [-0.15, -0.1) is 0 Å². The molecule has 0 bridgehead atoms. The molecule has 2 atom stereocenters. The molecule has 1 heterocycles. The number of aliphatic carboxylic acids is 1. The van der Waals surface area contributed by atoms with Crippen LogP contribution in [-0.4, -0.2) is 23.6 Å². The second-order valence-electron chi connectivity index (χ2n) is 6.28. The van der Waals surface area contributed by atoms with Crippen molar-refractivity contribution in [1.29, 1.82) is 0 Å². The number of hydrogen-bond donors (Lipinski definition) is 2. The van der Waals surface area contributed by atoms with E-state index in [0.29, 0.717) is 12.2 Å². The topological polar surface area (TPSA) is 75.6 Å². The number of nitrogens with one attached hydrogen (secondary N) is 1. The molecule has 0 radical (unpaired) electrons. The summed E-state index contributed by atoms with van der Waals surface area (Å²) in [5.41, 5.74) is 2.70. The van der Waals surface area contributed by atoms with Gasteiger partial charge >= 0.3 is 5.97 Å². The van der Waals surface area contributed by atoms with Crippen molar-refractivity contribution in [2.45, 2.75) is 31.4 Å². The molecule has 1 aliphatic heterocycles. The molecule has 136 valence electrons. The molecule has 26 heavy (non-hydrogen) atoms. The molecule has 5 nitrogen and oxygen atoms in total. The van der Waals surface area contributed by atoms with Crippen LogP contribution >= 0.6 is 0 Å². The van der Waals surface area contributed by atoms with Crippen LogP contribution < -0.4 is 5.32 Å². The molecule has 0 saturated carbocycles. The zero-order chi connectivity index (χ0) is 18.5. The molecule has 2 aromatic rings. The predicted molar refractivity (Wildman–Crippen MR) is 93.0 cm³/mol. The number of ether oxygens (including phenoxy) is 1. The molecule has 1 amide bonds. The molecule has 6 heteroatoms. The molecule has 2 N–H and O–H groups in total. The Labute approximate surface area is 150 Å². The number of benzene rings is 2. The fourth-order valence-corrected chi connectivity index (χ4v) is 3.19. The maximum Gasteiger partial charge on any atom is 0.305 e. The number of hydrogen-bond acceptors (Lipinski definition) is 3. The Balaban J connectivity index is 1.70. The van der Waals surface area contributed by atoms with Gasteiger partial charge in [-0.3, -0.25) is 9.59 Å². The fraction of sp³-hybridized carbons (Fsp3) is 0.300. The number of rotatable bonds is 6. The number of carboxylic acids is 1. The van der Waals surface area contributed by atoms with Gasteiger partial charge in [-0.2, -0.15) is 0 Å². The Hall–Kier alpha value is -2.73. The average molecular weight is 357 g/mol. The molecule has 0 aliphatic carbocycles. The summed E-state index contributed by atoms with van der Waals surface area (Å²) in [5.74, 6) is -1.76. The van der Waals surface area contributed by atoms with Crippen molar-refractivity contribution < 1.29 is 23.8 Å². The molecule has 3 rings (SSSR count). The van der Waals surface area contributed by atoms with E-state index in [1.54, 1.807) is 0 Å². The third-order valence-corrected chi connectivity index (χ3v) is 4.45. The highest BCUT2D eigenvalue weighted by molar-refractivity contribution is 5.78. The van der Waals surface area contributed by atoms with Gasteiger partial charge in [0.05, 0.1) is 31.6 Å². The molecule has 0 saturated heterocycles. The summed E-state index contributed by atoms with van der Waals surface area (Å²) in [6.07, 6.45) is 0.290. The standard InChI is InChI=1S/C20H20FNO4/c21-15-7-5-14(6-8-15)17(11-20(24)25)22-19(23)12-18-16-4-2-1-3-13(16)9-10-26-18/h1-8,17-18H,9-12H2,(H,22,23)(H,24,25). The van der Waals surface area contributed by atoms with Crippen LogP contribution in [0.5, 0.6) is 0 Å². The summed E-state index contributed by atoms with van der Waals surface area (Å²) in [6.45, 7) is 0.547. The van der Waals surface area contributed by atoms with Crippen LogP contribution in [0.1, 0.15) is 41.7 Å². The molecule has 1 aliphatic rings. The van der Waals surface area contributed by atoms with E-state index < -0.39 is 17.8 Å². The minimum atomic E-state index is -1.04. The summed E-state index contributed by atoms with van der Waals surface area (Å²) in [5, 5.41) is 11.9. The molecule has 2 unspecified atom stereocenters. The van der Waals surface area contributed by atoms with Gasteiger partial charge in [0.25, 0.3) is 0 Å². The summed E-state index contributed by atoms with van der Waals surface area (Å²) in [6, 6.07) is 12.6. The van der Waals surface area contributed by atoms with Crippen LogP contribution in [0.3, 0.4) is 0 Å². The average Bonchev–Trinajstić information content (AvgIpc) is 2.62. The zero-order valence-corrected chi connectivity index (χ0v) is 14.2. The van der Waals surface area contributed by atoms with Crippen molar-refractivity contribution >= 4 is 11.9 Å². The monoisotopic (exact) mass is 357 g/mol. The molecular formula is C20H20FNO4. The van der Waals surface area contributed by atoms with Crippen LogP contribution in [0, 0.1) is 5.82 Å². The lowest BCUT2D eigenvalue weighted by molar-refractivity contribution is -0.137. The van der Waals surface area contributed by atoms with Gasteiger partial charge < -0.3 is 15.2 Å². The summed E-state index contributed by atoms with van der Waals surface area (Å²) in [7, 11) is 0. The highest BCUT2D eigenvalue weighted by atomic mass is 19.1. The predicted octanol–water partition coefficient (Wildman–Crippen LogP) is 3.16. The molecule has 0 spiro atoms. The largest absolute Gasteiger partial charge is 0.481 e. The smallest absolute Gasteiger partial charge is 0.305 e. The maximum absolute atomic E-state index is 13.1. The first-order chi connectivity index (χ1) is 12.5. The zero-order valence-electron chi connectivity index (χ0n) is 14.2. The van der Waals surface area contributed by atoms with Crippen LogP contribution in [0.2, 0.25) is 0 Å². The third kappa shape index (κ3) is 4.46. The Bertz CT molecular complexity index is 791. The van der Waals surface area contributed by atoms with Gasteiger partial charge in [0.15, 0.2) is 0 Å². The van der Waals surface area contributed by atoms with E-state index >= 15 is 0 Å². The Kier molecular flexibility index (Phi) is 5.63. The third-order valence-electron chi connectivity index (χ3n) is 4.45. The van der Waals surface area contributed by atoms with Crippen molar-refractivity contribution in [2.75, 3.05) is 6.61 Å². The Morgan fingerprint density at radius 3 is 2.65 bits per heavy atom. The van der Waals surface area contributed by atoms with Gasteiger partial charge in [-0.1, -0.05) is 36.4 Å². The molecule has 0 aromatic heterocycles. The lowest BCUT2D eigenvalue weighted by Gasteiger charge is -2.26. The fourth-order valence-electron chi connectivity index (χ4n) is 3.19. The Morgan fingerprint density at radius 2 is 1.92 bits per heavy atom. The Morgan fingerprint density at radius 1 is 1.19 bits per heavy atom. The number of amides is 1. The molecule has 0 fully saturated rings. The second-order valence-corrected chi connectivity index (χ2v) is 6.28. The number of halogens is 1. The normalized spacial score (nSPS) is 17.2. The van der Waals surface area contributed by atoms with Gasteiger partial charge in [0.1, 0.15) is 5.82 Å². The summed E-state index contributed by atoms with van der Waals surface area (Å²) < 4.78 is 18.8. The number of carbonyl (C=O) groups is 2. The summed E-state index contributed by atoms with van der Waals surface area (Å²) in [4.78, 5) is 23.6. The minimum Gasteiger partial charge on any atom is -0.481 e. The van der Waals surface area contributed by atoms with E-state index in [4.69, 9.17) is 9.84 Å². The van der Waals surface area contributed by atoms with Gasteiger partial charge in [-0.25, -0.2) is 4.39 Å². The molecular weight excluding hydrogens is 337 g/mol. The summed E-state index contributed by atoms with van der Waals surface area (Å²) >= 11 is 0. The van der Waals surface area contributed by atoms with E-state index in [0.717, 1.165) is 17.5 Å². The van der Waals surface area contributed by atoms with Crippen molar-refractivity contribution in [3.63, 3.8) is 0 Å². The molecule has 2 aromatic carbocycles. The van der Waals surface area contributed by atoms with E-state index in [1.807, 2.05) is 24.3 Å². The SMILES string of the molecule is O=C(O)CC(NC(=O)CC1OCCc2ccccc21)c1ccc(F)cc1. The number of carboxylic acid groups (broad SMARTS) is 1. The van der Waals surface area contributed by atoms with Gasteiger partial charge in [0, 0.05) is 0 Å².